The van der Waals surface area contributed by atoms with Crippen LogP contribution in [0, 0.1) is 0 Å². The quantitative estimate of drug-likeness (QED) is 0.793. The van der Waals surface area contributed by atoms with E-state index in [9.17, 15) is 0 Å². The maximum atomic E-state index is 6.27. The maximum absolute atomic E-state index is 6.27. The first-order valence-corrected chi connectivity index (χ1v) is 8.42. The van der Waals surface area contributed by atoms with Crippen molar-refractivity contribution in [2.45, 2.75) is 31.4 Å². The van der Waals surface area contributed by atoms with Crippen LogP contribution in [-0.4, -0.2) is 30.5 Å². The summed E-state index contributed by atoms with van der Waals surface area (Å²) in [7, 11) is 0.817. The lowest BCUT2D eigenvalue weighted by Crippen LogP contribution is -2.29. The van der Waals surface area contributed by atoms with Gasteiger partial charge in [-0.1, -0.05) is 12.1 Å². The van der Waals surface area contributed by atoms with Crippen LogP contribution in [0.25, 0.3) is 0 Å². The Bertz CT molecular complexity index is 414. The summed E-state index contributed by atoms with van der Waals surface area (Å²) in [5.74, 6) is 0.896. The van der Waals surface area contributed by atoms with Crippen molar-refractivity contribution in [3.8, 4) is 5.75 Å². The topological polar surface area (TPSA) is 21.7 Å². The third-order valence-corrected chi connectivity index (χ3v) is 5.89. The lowest BCUT2D eigenvalue weighted by Gasteiger charge is -2.17. The van der Waals surface area contributed by atoms with Crippen molar-refractivity contribution < 1.29 is 9.26 Å². The molecule has 3 rings (SSSR count). The molecule has 0 spiro atoms. The third-order valence-electron chi connectivity index (χ3n) is 3.72. The summed E-state index contributed by atoms with van der Waals surface area (Å²) in [4.78, 5) is 0. The highest BCUT2D eigenvalue weighted by Crippen LogP contribution is 2.58. The SMILES string of the molecule is COc1ccc(C[C@@H]2OP(Cl)N3CCC[C@H]23)cc1. The Morgan fingerprint density at radius 3 is 2.94 bits per heavy atom. The summed E-state index contributed by atoms with van der Waals surface area (Å²) in [6, 6.07) is 8.74. The van der Waals surface area contributed by atoms with E-state index in [1.165, 1.54) is 18.4 Å². The molecule has 3 nitrogen and oxygen atoms in total. The first kappa shape index (κ1) is 12.7. The minimum absolute atomic E-state index is 0.254. The standard InChI is InChI=1S/C13H17ClNO2P/c1-16-11-6-4-10(5-7-11)9-13-12-3-2-8-15(12)18(14)17-13/h4-7,12-13H,2-3,8-9H2,1H3/t12-,13+,18?/m1/s1. The zero-order valence-corrected chi connectivity index (χ0v) is 12.0. The Morgan fingerprint density at radius 2 is 2.22 bits per heavy atom. The minimum Gasteiger partial charge on any atom is -0.497 e. The lowest BCUT2D eigenvalue weighted by atomic mass is 10.0. The van der Waals surface area contributed by atoms with Gasteiger partial charge >= 0.3 is 0 Å². The summed E-state index contributed by atoms with van der Waals surface area (Å²) < 4.78 is 13.4. The van der Waals surface area contributed by atoms with Crippen LogP contribution in [0.5, 0.6) is 5.75 Å². The van der Waals surface area contributed by atoms with E-state index in [0.717, 1.165) is 18.7 Å². The molecule has 0 saturated carbocycles. The van der Waals surface area contributed by atoms with Crippen LogP contribution in [-0.2, 0) is 10.9 Å². The minimum atomic E-state index is -0.869. The molecule has 0 radical (unpaired) electrons. The van der Waals surface area contributed by atoms with E-state index in [-0.39, 0.29) is 6.10 Å². The summed E-state index contributed by atoms with van der Waals surface area (Å²) in [6.45, 7) is 1.10. The average molecular weight is 286 g/mol. The van der Waals surface area contributed by atoms with Crippen molar-refractivity contribution >= 4 is 18.9 Å². The predicted octanol–water partition coefficient (Wildman–Crippen LogP) is 3.57. The second kappa shape index (κ2) is 5.34. The Morgan fingerprint density at radius 1 is 1.44 bits per heavy atom. The molecule has 1 aromatic rings. The summed E-state index contributed by atoms with van der Waals surface area (Å²) in [5.41, 5.74) is 1.29. The van der Waals surface area contributed by atoms with E-state index >= 15 is 0 Å². The zero-order chi connectivity index (χ0) is 12.5. The van der Waals surface area contributed by atoms with Gasteiger partial charge in [-0.25, -0.2) is 4.67 Å². The highest BCUT2D eigenvalue weighted by molar-refractivity contribution is 7.78. The van der Waals surface area contributed by atoms with Crippen LogP contribution in [0.4, 0.5) is 0 Å². The Labute approximate surface area is 114 Å². The molecule has 2 fully saturated rings. The van der Waals surface area contributed by atoms with E-state index < -0.39 is 7.65 Å². The molecule has 0 aromatic heterocycles. The van der Waals surface area contributed by atoms with Gasteiger partial charge in [0.05, 0.1) is 13.2 Å². The van der Waals surface area contributed by atoms with Crippen LogP contribution >= 0.6 is 18.9 Å². The van der Waals surface area contributed by atoms with Gasteiger partial charge in [-0.15, -0.1) is 0 Å². The monoisotopic (exact) mass is 285 g/mol. The van der Waals surface area contributed by atoms with Crippen LogP contribution < -0.4 is 4.74 Å². The molecule has 18 heavy (non-hydrogen) atoms. The average Bonchev–Trinajstić information content (AvgIpc) is 2.97. The van der Waals surface area contributed by atoms with Crippen molar-refractivity contribution in [2.75, 3.05) is 13.7 Å². The predicted molar refractivity (Wildman–Crippen MR) is 74.1 cm³/mol. The fraction of sp³-hybridized carbons (Fsp3) is 0.538. The number of ether oxygens (including phenoxy) is 1. The van der Waals surface area contributed by atoms with Crippen LogP contribution in [0.15, 0.2) is 24.3 Å². The highest BCUT2D eigenvalue weighted by Gasteiger charge is 2.44. The Balaban J connectivity index is 1.68. The Hall–Kier alpha value is -0.340. The fourth-order valence-corrected chi connectivity index (χ4v) is 4.99. The van der Waals surface area contributed by atoms with Gasteiger partial charge in [-0.3, -0.25) is 0 Å². The molecule has 1 unspecified atom stereocenters. The zero-order valence-electron chi connectivity index (χ0n) is 10.4. The molecule has 0 aliphatic carbocycles. The maximum Gasteiger partial charge on any atom is 0.207 e. The number of methoxy groups -OCH3 is 1. The lowest BCUT2D eigenvalue weighted by molar-refractivity contribution is 0.211. The first-order chi connectivity index (χ1) is 8.78. The van der Waals surface area contributed by atoms with Crippen LogP contribution in [0.3, 0.4) is 0 Å². The van der Waals surface area contributed by atoms with Gasteiger partial charge < -0.3 is 9.26 Å². The molecule has 98 valence electrons. The number of nitrogens with zero attached hydrogens (tertiary/aromatic N) is 1. The summed E-state index contributed by atoms with van der Waals surface area (Å²) >= 11 is 6.27. The molecule has 0 amide bonds. The van der Waals surface area contributed by atoms with Gasteiger partial charge in [-0.2, -0.15) is 0 Å². The first-order valence-electron chi connectivity index (χ1n) is 6.30. The van der Waals surface area contributed by atoms with E-state index in [2.05, 4.69) is 16.8 Å². The molecular weight excluding hydrogens is 269 g/mol. The molecule has 0 bridgehead atoms. The molecule has 5 heteroatoms. The van der Waals surface area contributed by atoms with E-state index in [1.54, 1.807) is 7.11 Å². The number of hydrogen-bond acceptors (Lipinski definition) is 3. The van der Waals surface area contributed by atoms with Gasteiger partial charge in [0.2, 0.25) is 7.65 Å². The molecule has 1 aromatic carbocycles. The van der Waals surface area contributed by atoms with Gasteiger partial charge in [0.15, 0.2) is 0 Å². The number of rotatable bonds is 3. The summed E-state index contributed by atoms with van der Waals surface area (Å²) in [5, 5.41) is 0. The van der Waals surface area contributed by atoms with E-state index in [0.29, 0.717) is 6.04 Å². The van der Waals surface area contributed by atoms with Crippen molar-refractivity contribution in [1.29, 1.82) is 0 Å². The number of benzene rings is 1. The van der Waals surface area contributed by atoms with Gasteiger partial charge in [-0.05, 0) is 41.8 Å². The fourth-order valence-electron chi connectivity index (χ4n) is 2.76. The van der Waals surface area contributed by atoms with Crippen molar-refractivity contribution in [3.63, 3.8) is 0 Å². The normalized spacial score (nSPS) is 31.6. The van der Waals surface area contributed by atoms with Crippen LogP contribution in [0.2, 0.25) is 0 Å². The number of fused-ring (bicyclic) bond motifs is 1. The molecule has 2 saturated heterocycles. The van der Waals surface area contributed by atoms with Gasteiger partial charge in [0.25, 0.3) is 0 Å². The highest BCUT2D eigenvalue weighted by atomic mass is 35.7. The third kappa shape index (κ3) is 2.37. The molecule has 2 aliphatic heterocycles. The van der Waals surface area contributed by atoms with Gasteiger partial charge in [0.1, 0.15) is 5.75 Å². The van der Waals surface area contributed by atoms with Crippen molar-refractivity contribution in [2.24, 2.45) is 0 Å². The molecule has 0 N–H and O–H groups in total. The smallest absolute Gasteiger partial charge is 0.207 e. The van der Waals surface area contributed by atoms with E-state index in [1.807, 2.05) is 12.1 Å². The Kier molecular flexibility index (Phi) is 3.76. The molecular formula is C13H17ClNO2P. The molecule has 2 aliphatic rings. The van der Waals surface area contributed by atoms with Gasteiger partial charge in [0, 0.05) is 19.0 Å². The van der Waals surface area contributed by atoms with Crippen molar-refractivity contribution in [1.82, 2.24) is 4.67 Å². The second-order valence-electron chi connectivity index (χ2n) is 4.79. The van der Waals surface area contributed by atoms with Crippen LogP contribution in [0.1, 0.15) is 18.4 Å². The van der Waals surface area contributed by atoms with Crippen molar-refractivity contribution in [3.05, 3.63) is 29.8 Å². The van der Waals surface area contributed by atoms with E-state index in [4.69, 9.17) is 20.5 Å². The number of halogens is 1. The second-order valence-corrected chi connectivity index (χ2v) is 6.84. The summed E-state index contributed by atoms with van der Waals surface area (Å²) in [6.07, 6.45) is 3.66. The molecule has 3 atom stereocenters. The number of hydrogen-bond donors (Lipinski definition) is 0. The largest absolute Gasteiger partial charge is 0.497 e. The molecule has 2 heterocycles.